The number of carbonyl (C=O) groups excluding carboxylic acids is 1. The van der Waals surface area contributed by atoms with E-state index in [9.17, 15) is 4.79 Å². The van der Waals surface area contributed by atoms with Gasteiger partial charge in [-0.2, -0.15) is 10.1 Å². The summed E-state index contributed by atoms with van der Waals surface area (Å²) in [6, 6.07) is 9.89. The summed E-state index contributed by atoms with van der Waals surface area (Å²) in [6.45, 7) is 1.76. The van der Waals surface area contributed by atoms with E-state index in [0.29, 0.717) is 5.95 Å². The van der Waals surface area contributed by atoms with E-state index in [1.807, 2.05) is 41.2 Å². The van der Waals surface area contributed by atoms with Crippen LogP contribution in [0.2, 0.25) is 0 Å². The van der Waals surface area contributed by atoms with E-state index in [4.69, 9.17) is 5.11 Å². The van der Waals surface area contributed by atoms with Crippen LogP contribution in [0, 0.1) is 5.92 Å². The molecule has 0 radical (unpaired) electrons. The van der Waals surface area contributed by atoms with E-state index in [2.05, 4.69) is 25.7 Å². The predicted molar refractivity (Wildman–Crippen MR) is 111 cm³/mol. The van der Waals surface area contributed by atoms with E-state index >= 15 is 0 Å². The second kappa shape index (κ2) is 8.57. The maximum atomic E-state index is 12.2. The molecule has 1 aliphatic carbocycles. The summed E-state index contributed by atoms with van der Waals surface area (Å²) in [4.78, 5) is 21.2. The molecule has 0 spiro atoms. The Labute approximate surface area is 169 Å². The second-order valence-corrected chi connectivity index (χ2v) is 7.64. The van der Waals surface area contributed by atoms with E-state index in [1.54, 1.807) is 13.1 Å². The third kappa shape index (κ3) is 4.37. The van der Waals surface area contributed by atoms with Crippen molar-refractivity contribution in [2.45, 2.75) is 44.7 Å². The predicted octanol–water partition coefficient (Wildman–Crippen LogP) is 2.28. The minimum atomic E-state index is -0.201. The number of amides is 1. The van der Waals surface area contributed by atoms with Crippen LogP contribution in [0.1, 0.15) is 32.6 Å². The summed E-state index contributed by atoms with van der Waals surface area (Å²) < 4.78 is 1.81. The zero-order valence-electron chi connectivity index (χ0n) is 16.5. The highest BCUT2D eigenvalue weighted by atomic mass is 16.3. The third-order valence-electron chi connectivity index (χ3n) is 5.43. The molecule has 1 fully saturated rings. The molecule has 1 atom stereocenters. The summed E-state index contributed by atoms with van der Waals surface area (Å²) >= 11 is 0. The van der Waals surface area contributed by atoms with Crippen LogP contribution < -0.4 is 10.6 Å². The van der Waals surface area contributed by atoms with Crippen LogP contribution in [-0.4, -0.2) is 49.5 Å². The second-order valence-electron chi connectivity index (χ2n) is 7.64. The highest BCUT2D eigenvalue weighted by molar-refractivity contribution is 5.80. The van der Waals surface area contributed by atoms with Gasteiger partial charge in [-0.15, -0.1) is 0 Å². The molecular formula is C21H26N6O2. The Hall–Kier alpha value is -3.00. The van der Waals surface area contributed by atoms with Gasteiger partial charge < -0.3 is 15.7 Å². The number of aromatic nitrogens is 4. The van der Waals surface area contributed by atoms with Crippen molar-refractivity contribution in [1.29, 1.82) is 0 Å². The fraction of sp³-hybridized carbons (Fsp3) is 0.429. The Morgan fingerprint density at radius 3 is 2.83 bits per heavy atom. The molecule has 2 heterocycles. The molecule has 0 unspecified atom stereocenters. The number of rotatable bonds is 6. The summed E-state index contributed by atoms with van der Waals surface area (Å²) in [5, 5.41) is 20.9. The van der Waals surface area contributed by atoms with Crippen LogP contribution in [-0.2, 0) is 4.79 Å². The molecule has 1 aliphatic rings. The lowest BCUT2D eigenvalue weighted by Crippen LogP contribution is -2.41. The van der Waals surface area contributed by atoms with Gasteiger partial charge in [-0.3, -0.25) is 4.79 Å². The van der Waals surface area contributed by atoms with Crippen molar-refractivity contribution in [3.8, 4) is 5.82 Å². The largest absolute Gasteiger partial charge is 0.394 e. The van der Waals surface area contributed by atoms with Gasteiger partial charge in [-0.1, -0.05) is 18.2 Å². The fourth-order valence-corrected chi connectivity index (χ4v) is 3.78. The number of aliphatic hydroxyl groups excluding tert-OH is 1. The number of nitrogens with zero attached hydrogens (tertiary/aromatic N) is 4. The monoisotopic (exact) mass is 394 g/mol. The zero-order valence-corrected chi connectivity index (χ0v) is 16.5. The molecule has 3 N–H and O–H groups in total. The number of anilines is 1. The highest BCUT2D eigenvalue weighted by Crippen LogP contribution is 2.26. The van der Waals surface area contributed by atoms with Crippen LogP contribution in [0.4, 0.5) is 5.95 Å². The first-order chi connectivity index (χ1) is 14.1. The number of aliphatic hydroxyl groups is 1. The van der Waals surface area contributed by atoms with Gasteiger partial charge in [-0.05, 0) is 38.7 Å². The zero-order chi connectivity index (χ0) is 20.2. The molecule has 1 saturated carbocycles. The Morgan fingerprint density at radius 1 is 1.24 bits per heavy atom. The number of benzene rings is 1. The van der Waals surface area contributed by atoms with Gasteiger partial charge in [0, 0.05) is 35.7 Å². The number of fused-ring (bicyclic) bond motifs is 1. The van der Waals surface area contributed by atoms with Gasteiger partial charge in [-0.25, -0.2) is 9.67 Å². The van der Waals surface area contributed by atoms with Crippen molar-refractivity contribution in [2.75, 3.05) is 11.9 Å². The minimum Gasteiger partial charge on any atom is -0.394 e. The fourth-order valence-electron chi connectivity index (χ4n) is 3.78. The summed E-state index contributed by atoms with van der Waals surface area (Å²) in [5.74, 6) is 1.33. The molecule has 1 amide bonds. The van der Waals surface area contributed by atoms with Crippen molar-refractivity contribution in [2.24, 2.45) is 5.92 Å². The average Bonchev–Trinajstić information content (AvgIpc) is 3.18. The number of carbonyl (C=O) groups is 1. The van der Waals surface area contributed by atoms with Crippen LogP contribution in [0.25, 0.3) is 16.7 Å². The first-order valence-corrected chi connectivity index (χ1v) is 10.1. The maximum absolute atomic E-state index is 12.2. The van der Waals surface area contributed by atoms with Crippen LogP contribution >= 0.6 is 0 Å². The summed E-state index contributed by atoms with van der Waals surface area (Å²) in [7, 11) is 0. The molecule has 0 aliphatic heterocycles. The van der Waals surface area contributed by atoms with Crippen molar-refractivity contribution in [3.63, 3.8) is 0 Å². The van der Waals surface area contributed by atoms with E-state index in [0.717, 1.165) is 42.4 Å². The molecule has 29 heavy (non-hydrogen) atoms. The van der Waals surface area contributed by atoms with Crippen molar-refractivity contribution in [1.82, 2.24) is 25.1 Å². The van der Waals surface area contributed by atoms with Crippen molar-refractivity contribution >= 4 is 22.8 Å². The van der Waals surface area contributed by atoms with Crippen molar-refractivity contribution in [3.05, 3.63) is 42.7 Å². The molecule has 3 aromatic rings. The van der Waals surface area contributed by atoms with Gasteiger partial charge >= 0.3 is 0 Å². The molecule has 2 aromatic heterocycles. The molecule has 0 bridgehead atoms. The Morgan fingerprint density at radius 2 is 2.03 bits per heavy atom. The quantitative estimate of drug-likeness (QED) is 0.592. The van der Waals surface area contributed by atoms with E-state index in [-0.39, 0.29) is 30.5 Å². The SMILES string of the molecule is C[C@H](CO)NC(=O)C1CCC(Nc2nccc(-n3ncc4ccccc43)n2)CC1. The minimum absolute atomic E-state index is 0.00439. The molecule has 0 saturated heterocycles. The number of para-hydroxylation sites is 1. The standard InChI is InChI=1S/C21H26N6O2/c1-14(13-28)24-20(29)15-6-8-17(9-7-15)25-21-22-11-10-19(26-21)27-18-5-3-2-4-16(18)12-23-27/h2-5,10-12,14-15,17,28H,6-9,13H2,1H3,(H,24,29)(H,22,25,26)/t14-,15?,17?/m1/s1. The van der Waals surface area contributed by atoms with E-state index < -0.39 is 0 Å². The molecular weight excluding hydrogens is 368 g/mol. The maximum Gasteiger partial charge on any atom is 0.224 e. The van der Waals surface area contributed by atoms with Gasteiger partial charge in [0.2, 0.25) is 11.9 Å². The third-order valence-corrected chi connectivity index (χ3v) is 5.43. The first-order valence-electron chi connectivity index (χ1n) is 10.1. The first kappa shape index (κ1) is 19.3. The molecule has 152 valence electrons. The average molecular weight is 394 g/mol. The van der Waals surface area contributed by atoms with Gasteiger partial charge in [0.15, 0.2) is 5.82 Å². The van der Waals surface area contributed by atoms with Gasteiger partial charge in [0.05, 0.1) is 18.3 Å². The lowest BCUT2D eigenvalue weighted by atomic mass is 9.85. The molecule has 8 nitrogen and oxygen atoms in total. The summed E-state index contributed by atoms with van der Waals surface area (Å²) in [5.41, 5.74) is 1.00. The van der Waals surface area contributed by atoms with Gasteiger partial charge in [0.25, 0.3) is 0 Å². The lowest BCUT2D eigenvalue weighted by molar-refractivity contribution is -0.126. The van der Waals surface area contributed by atoms with Crippen LogP contribution in [0.15, 0.2) is 42.7 Å². The molecule has 1 aromatic carbocycles. The number of hydrogen-bond acceptors (Lipinski definition) is 6. The smallest absolute Gasteiger partial charge is 0.224 e. The normalized spacial score (nSPS) is 20.3. The number of hydrogen-bond donors (Lipinski definition) is 3. The number of nitrogens with one attached hydrogen (secondary N) is 2. The Balaban J connectivity index is 1.39. The van der Waals surface area contributed by atoms with Crippen LogP contribution in [0.5, 0.6) is 0 Å². The highest BCUT2D eigenvalue weighted by Gasteiger charge is 2.27. The topological polar surface area (TPSA) is 105 Å². The van der Waals surface area contributed by atoms with Gasteiger partial charge in [0.1, 0.15) is 0 Å². The van der Waals surface area contributed by atoms with Crippen molar-refractivity contribution < 1.29 is 9.90 Å². The summed E-state index contributed by atoms with van der Waals surface area (Å²) in [6.07, 6.45) is 6.94. The van der Waals surface area contributed by atoms with Crippen LogP contribution in [0.3, 0.4) is 0 Å². The molecule has 4 rings (SSSR count). The Kier molecular flexibility index (Phi) is 5.71. The lowest BCUT2D eigenvalue weighted by Gasteiger charge is -2.29. The molecule has 8 heteroatoms. The Bertz CT molecular complexity index is 980. The van der Waals surface area contributed by atoms with E-state index in [1.165, 1.54) is 0 Å².